The number of anilines is 2. The first-order chi connectivity index (χ1) is 15.6. The Morgan fingerprint density at radius 1 is 1.09 bits per heavy atom. The predicted molar refractivity (Wildman–Crippen MR) is 129 cm³/mol. The van der Waals surface area contributed by atoms with Crippen molar-refractivity contribution >= 4 is 29.2 Å². The predicted octanol–water partition coefficient (Wildman–Crippen LogP) is 3.22. The molecule has 0 spiro atoms. The maximum atomic E-state index is 12.5. The molecule has 1 heterocycles. The number of nitrogens with one attached hydrogen (secondary N) is 2. The van der Waals surface area contributed by atoms with Gasteiger partial charge in [-0.2, -0.15) is 5.10 Å². The Morgan fingerprint density at radius 2 is 1.88 bits per heavy atom. The van der Waals surface area contributed by atoms with Crippen LogP contribution in [0.5, 0.6) is 0 Å². The van der Waals surface area contributed by atoms with Crippen LogP contribution in [0.15, 0.2) is 77.1 Å². The fourth-order valence-corrected chi connectivity index (χ4v) is 3.08. The zero-order valence-electron chi connectivity index (χ0n) is 18.0. The van der Waals surface area contributed by atoms with Gasteiger partial charge in [-0.25, -0.2) is 4.68 Å². The molecule has 0 unspecified atom stereocenters. The van der Waals surface area contributed by atoms with E-state index in [1.54, 1.807) is 24.0 Å². The van der Waals surface area contributed by atoms with Gasteiger partial charge in [-0.05, 0) is 48.9 Å². The van der Waals surface area contributed by atoms with E-state index in [-0.39, 0.29) is 19.1 Å². The highest BCUT2D eigenvalue weighted by molar-refractivity contribution is 6.38. The number of aliphatic hydroxyl groups is 1. The number of aryl methyl sites for hydroxylation is 1. The summed E-state index contributed by atoms with van der Waals surface area (Å²) in [6.07, 6.45) is 5.45. The second-order valence-corrected chi connectivity index (χ2v) is 6.81. The van der Waals surface area contributed by atoms with E-state index in [2.05, 4.69) is 32.6 Å². The third-order valence-corrected chi connectivity index (χ3v) is 4.64. The lowest BCUT2D eigenvalue weighted by atomic mass is 10.0. The van der Waals surface area contributed by atoms with E-state index < -0.39 is 0 Å². The third-order valence-electron chi connectivity index (χ3n) is 4.64. The van der Waals surface area contributed by atoms with Gasteiger partial charge in [0.1, 0.15) is 6.61 Å². The number of para-hydroxylation sites is 1. The first kappa shape index (κ1) is 22.5. The maximum absolute atomic E-state index is 12.5. The molecule has 0 saturated carbocycles. The van der Waals surface area contributed by atoms with Crippen LogP contribution in [-0.4, -0.2) is 47.8 Å². The number of carbonyl (C=O) groups excluding carboxylic acids is 1. The number of aliphatic hydroxyl groups excluding tert-OH is 1. The Morgan fingerprint density at radius 3 is 2.59 bits per heavy atom. The van der Waals surface area contributed by atoms with Crippen molar-refractivity contribution in [3.63, 3.8) is 0 Å². The lowest BCUT2D eigenvalue weighted by Gasteiger charge is -2.13. The molecule has 0 bridgehead atoms. The summed E-state index contributed by atoms with van der Waals surface area (Å²) in [7, 11) is 1.74. The maximum Gasteiger partial charge on any atom is 0.254 e. The van der Waals surface area contributed by atoms with E-state index >= 15 is 0 Å². The van der Waals surface area contributed by atoms with Gasteiger partial charge in [0.15, 0.2) is 0 Å². The summed E-state index contributed by atoms with van der Waals surface area (Å²) in [4.78, 5) is 16.9. The zero-order chi connectivity index (χ0) is 22.8. The van der Waals surface area contributed by atoms with Gasteiger partial charge in [0.05, 0.1) is 29.7 Å². The van der Waals surface area contributed by atoms with E-state index in [9.17, 15) is 4.79 Å². The van der Waals surface area contributed by atoms with Crippen molar-refractivity contribution in [2.75, 3.05) is 25.5 Å². The number of rotatable bonds is 7. The van der Waals surface area contributed by atoms with Crippen molar-refractivity contribution in [2.24, 2.45) is 10.1 Å². The molecule has 3 aromatic rings. The molecule has 0 atom stereocenters. The average Bonchev–Trinajstić information content (AvgIpc) is 3.32. The second kappa shape index (κ2) is 11.3. The zero-order valence-corrected chi connectivity index (χ0v) is 18.0. The van der Waals surface area contributed by atoms with Gasteiger partial charge < -0.3 is 15.7 Å². The first-order valence-corrected chi connectivity index (χ1v) is 10.1. The number of amides is 1. The molecule has 0 saturated heterocycles. The van der Waals surface area contributed by atoms with Gasteiger partial charge in [0.25, 0.3) is 5.91 Å². The molecule has 1 amide bonds. The van der Waals surface area contributed by atoms with Crippen LogP contribution in [0.25, 0.3) is 0 Å². The Balaban J connectivity index is 1.77. The van der Waals surface area contributed by atoms with Crippen molar-refractivity contribution < 1.29 is 9.90 Å². The monoisotopic (exact) mass is 427 g/mol. The number of aromatic nitrogens is 1. The smallest absolute Gasteiger partial charge is 0.254 e. The second-order valence-electron chi connectivity index (χ2n) is 6.81. The summed E-state index contributed by atoms with van der Waals surface area (Å²) < 4.78 is 1.72. The molecular weight excluding hydrogens is 402 g/mol. The van der Waals surface area contributed by atoms with Crippen molar-refractivity contribution in [2.45, 2.75) is 6.92 Å². The number of nitrogens with zero attached hydrogens (tertiary/aromatic N) is 3. The van der Waals surface area contributed by atoms with Gasteiger partial charge in [-0.15, -0.1) is 0 Å². The SMILES string of the molecule is CN=C(/C=N/n1cccc1)c1ccc(Nc2ccccc2C(=O)NCC#CCO)cc1C. The van der Waals surface area contributed by atoms with E-state index in [1.165, 1.54) is 0 Å². The highest BCUT2D eigenvalue weighted by Crippen LogP contribution is 2.23. The summed E-state index contributed by atoms with van der Waals surface area (Å²) in [6, 6.07) is 17.0. The molecule has 3 rings (SSSR count). The van der Waals surface area contributed by atoms with Gasteiger partial charge in [-0.1, -0.05) is 30.0 Å². The molecule has 3 N–H and O–H groups in total. The summed E-state index contributed by atoms with van der Waals surface area (Å²) in [6.45, 7) is 1.95. The van der Waals surface area contributed by atoms with E-state index in [4.69, 9.17) is 5.11 Å². The van der Waals surface area contributed by atoms with Crippen LogP contribution in [0.4, 0.5) is 11.4 Å². The summed E-state index contributed by atoms with van der Waals surface area (Å²) in [5.41, 5.74) is 4.81. The lowest BCUT2D eigenvalue weighted by molar-refractivity contribution is 0.0959. The quantitative estimate of drug-likeness (QED) is 0.399. The van der Waals surface area contributed by atoms with Crippen LogP contribution < -0.4 is 10.6 Å². The molecule has 0 aliphatic rings. The van der Waals surface area contributed by atoms with Gasteiger partial charge >= 0.3 is 0 Å². The Kier molecular flexibility index (Phi) is 7.96. The summed E-state index contributed by atoms with van der Waals surface area (Å²) >= 11 is 0. The number of aliphatic imine (C=N–C) groups is 1. The molecule has 0 fully saturated rings. The van der Waals surface area contributed by atoms with Gasteiger partial charge in [0.2, 0.25) is 0 Å². The minimum absolute atomic E-state index is 0.172. The fourth-order valence-electron chi connectivity index (χ4n) is 3.08. The number of hydrogen-bond donors (Lipinski definition) is 3. The fraction of sp³-hybridized carbons (Fsp3) is 0.160. The Labute approximate surface area is 187 Å². The van der Waals surface area contributed by atoms with Crippen LogP contribution in [-0.2, 0) is 0 Å². The molecule has 7 nitrogen and oxygen atoms in total. The molecule has 0 aliphatic heterocycles. The molecule has 2 aromatic carbocycles. The van der Waals surface area contributed by atoms with Gasteiger partial charge in [0, 0.05) is 30.7 Å². The first-order valence-electron chi connectivity index (χ1n) is 10.1. The molecule has 32 heavy (non-hydrogen) atoms. The van der Waals surface area contributed by atoms with E-state index in [0.29, 0.717) is 11.3 Å². The standard InChI is InChI=1S/C25H25N5O2/c1-19-17-20(11-12-21(19)24(26-2)18-28-30-14-6-7-15-30)29-23-10-4-3-9-22(23)25(32)27-13-5-8-16-31/h3-4,6-7,9-12,14-15,17-18,29,31H,13,16H2,1-2H3,(H,27,32)/b26-24?,28-18+. The number of benzene rings is 2. The molecule has 162 valence electrons. The highest BCUT2D eigenvalue weighted by atomic mass is 16.2. The summed E-state index contributed by atoms with van der Waals surface area (Å²) in [5.74, 6) is 4.94. The van der Waals surface area contributed by atoms with Crippen LogP contribution in [0.3, 0.4) is 0 Å². The van der Waals surface area contributed by atoms with E-state index in [0.717, 1.165) is 22.5 Å². The molecule has 0 radical (unpaired) electrons. The molecule has 7 heteroatoms. The summed E-state index contributed by atoms with van der Waals surface area (Å²) in [5, 5.41) is 19.2. The van der Waals surface area contributed by atoms with Crippen molar-refractivity contribution in [1.29, 1.82) is 0 Å². The van der Waals surface area contributed by atoms with Crippen LogP contribution in [0, 0.1) is 18.8 Å². The van der Waals surface area contributed by atoms with Crippen LogP contribution in [0.2, 0.25) is 0 Å². The third kappa shape index (κ3) is 5.94. The highest BCUT2D eigenvalue weighted by Gasteiger charge is 2.11. The average molecular weight is 428 g/mol. The van der Waals surface area contributed by atoms with E-state index in [1.807, 2.05) is 67.8 Å². The van der Waals surface area contributed by atoms with Crippen molar-refractivity contribution in [3.05, 3.63) is 83.7 Å². The number of carbonyl (C=O) groups is 1. The minimum Gasteiger partial charge on any atom is -0.384 e. The largest absolute Gasteiger partial charge is 0.384 e. The molecular formula is C25H25N5O2. The minimum atomic E-state index is -0.240. The van der Waals surface area contributed by atoms with Crippen molar-refractivity contribution in [3.8, 4) is 11.8 Å². The number of hydrogen-bond acceptors (Lipinski definition) is 5. The molecule has 1 aromatic heterocycles. The normalized spacial score (nSPS) is 11.2. The topological polar surface area (TPSA) is 91.0 Å². The molecule has 0 aliphatic carbocycles. The van der Waals surface area contributed by atoms with Crippen LogP contribution >= 0.6 is 0 Å². The van der Waals surface area contributed by atoms with Crippen LogP contribution in [0.1, 0.15) is 21.5 Å². The Hall–Kier alpha value is -4.15. The Bertz CT molecular complexity index is 1180. The van der Waals surface area contributed by atoms with Crippen molar-refractivity contribution in [1.82, 2.24) is 9.99 Å². The lowest BCUT2D eigenvalue weighted by Crippen LogP contribution is -2.24. The van der Waals surface area contributed by atoms with Gasteiger partial charge in [-0.3, -0.25) is 9.79 Å².